The Bertz CT molecular complexity index is 2850. The zero-order valence-corrected chi connectivity index (χ0v) is 29.4. The van der Waals surface area contributed by atoms with Gasteiger partial charge in [0.25, 0.3) is 0 Å². The third-order valence-electron chi connectivity index (χ3n) is 9.91. The molecule has 9 rings (SSSR count). The van der Waals surface area contributed by atoms with Crippen molar-refractivity contribution in [2.45, 2.75) is 6.92 Å². The third-order valence-corrected chi connectivity index (χ3v) is 9.91. The van der Waals surface area contributed by atoms with Crippen LogP contribution in [0.3, 0.4) is 0 Å². The van der Waals surface area contributed by atoms with Crippen LogP contribution in [0, 0.1) is 0 Å². The van der Waals surface area contributed by atoms with Crippen LogP contribution in [0.4, 0.5) is 11.5 Å². The number of fused-ring (bicyclic) bond motifs is 8. The Hall–Kier alpha value is -7.04. The first kappa shape index (κ1) is 31.9. The van der Waals surface area contributed by atoms with Crippen molar-refractivity contribution in [3.8, 4) is 22.4 Å². The summed E-state index contributed by atoms with van der Waals surface area (Å²) in [4.78, 5) is 12.5. The Balaban J connectivity index is 1.15. The first-order valence-electron chi connectivity index (χ1n) is 17.9. The summed E-state index contributed by atoms with van der Waals surface area (Å²) in [6, 6.07) is 59.2. The monoisotopic (exact) mass is 680 g/mol. The summed E-state index contributed by atoms with van der Waals surface area (Å²) in [5.74, 6) is 0.784. The zero-order valence-electron chi connectivity index (χ0n) is 29.4. The molecule has 0 saturated heterocycles. The summed E-state index contributed by atoms with van der Waals surface area (Å²) in [6.45, 7) is 6.64. The molecule has 3 heterocycles. The Morgan fingerprint density at radius 1 is 0.566 bits per heavy atom. The molecule has 0 aliphatic carbocycles. The molecule has 0 fully saturated rings. The Morgan fingerprint density at radius 3 is 2.04 bits per heavy atom. The van der Waals surface area contributed by atoms with E-state index in [1.807, 2.05) is 18.2 Å². The van der Waals surface area contributed by atoms with E-state index in [9.17, 15) is 0 Å². The summed E-state index contributed by atoms with van der Waals surface area (Å²) >= 11 is 0. The summed E-state index contributed by atoms with van der Waals surface area (Å²) in [5.41, 5.74) is 12.5. The SMILES string of the molecule is C=C(/C=C\C(=C/C)c1ccccc1)N(c1ccc(-c2ccccc2)cc1)c1cccc(-c2ccc3c(c2)c2ccccc2n2c4ccccc4nc32)n1. The average Bonchev–Trinajstić information content (AvgIpc) is 3.62. The van der Waals surface area contributed by atoms with Gasteiger partial charge in [-0.25, -0.2) is 9.97 Å². The Morgan fingerprint density at radius 2 is 1.25 bits per heavy atom. The standard InChI is InChI=1S/C49H36N4/c1-3-35(36-15-6-4-7-16-36)26-25-34(2)52(40-30-27-38(28-31-40)37-17-8-5-9-18-37)48-24-14-21-44(50-48)39-29-32-42-43(33-39)41-19-10-12-22-46(41)53-47-23-13-11-20-45(47)51-49(42)53/h3-33H,2H2,1H3/b26-25-,35-3+. The zero-order chi connectivity index (χ0) is 35.7. The smallest absolute Gasteiger partial charge is 0.146 e. The van der Waals surface area contributed by atoms with Gasteiger partial charge in [-0.2, -0.15) is 0 Å². The van der Waals surface area contributed by atoms with E-state index < -0.39 is 0 Å². The first-order valence-corrected chi connectivity index (χ1v) is 17.9. The van der Waals surface area contributed by atoms with E-state index in [4.69, 9.17) is 9.97 Å². The molecule has 252 valence electrons. The topological polar surface area (TPSA) is 33.4 Å². The van der Waals surface area contributed by atoms with Gasteiger partial charge in [0.2, 0.25) is 0 Å². The number of imidazole rings is 1. The van der Waals surface area contributed by atoms with Gasteiger partial charge in [0.1, 0.15) is 11.5 Å². The van der Waals surface area contributed by atoms with Crippen LogP contribution >= 0.6 is 0 Å². The molecule has 6 aromatic carbocycles. The van der Waals surface area contributed by atoms with Crippen molar-refractivity contribution in [2.75, 3.05) is 4.90 Å². The van der Waals surface area contributed by atoms with Gasteiger partial charge in [0.15, 0.2) is 0 Å². The molecule has 0 spiro atoms. The fraction of sp³-hybridized carbons (Fsp3) is 0.0204. The van der Waals surface area contributed by atoms with E-state index in [1.54, 1.807) is 0 Å². The highest BCUT2D eigenvalue weighted by atomic mass is 15.2. The molecule has 0 atom stereocenters. The summed E-state index contributed by atoms with van der Waals surface area (Å²) in [6.07, 6.45) is 6.32. The third kappa shape index (κ3) is 5.86. The second kappa shape index (κ2) is 13.6. The van der Waals surface area contributed by atoms with Crippen molar-refractivity contribution in [1.29, 1.82) is 0 Å². The van der Waals surface area contributed by atoms with Crippen molar-refractivity contribution < 1.29 is 0 Å². The maximum Gasteiger partial charge on any atom is 0.146 e. The van der Waals surface area contributed by atoms with Crippen LogP contribution < -0.4 is 4.90 Å². The van der Waals surface area contributed by atoms with Crippen LogP contribution in [-0.2, 0) is 0 Å². The summed E-state index contributed by atoms with van der Waals surface area (Å²) < 4.78 is 2.28. The summed E-state index contributed by atoms with van der Waals surface area (Å²) in [5, 5.41) is 3.43. The van der Waals surface area contributed by atoms with E-state index in [0.29, 0.717) is 0 Å². The first-order chi connectivity index (χ1) is 26.2. The minimum Gasteiger partial charge on any atom is -0.296 e. The lowest BCUT2D eigenvalue weighted by molar-refractivity contribution is 1.14. The average molecular weight is 681 g/mol. The molecule has 9 aromatic rings. The van der Waals surface area contributed by atoms with Crippen LogP contribution in [-0.4, -0.2) is 14.4 Å². The molecular formula is C49H36N4. The maximum absolute atomic E-state index is 5.31. The minimum atomic E-state index is 0.784. The minimum absolute atomic E-state index is 0.784. The second-order valence-corrected chi connectivity index (χ2v) is 13.1. The fourth-order valence-corrected chi connectivity index (χ4v) is 7.31. The number of hydrogen-bond donors (Lipinski definition) is 0. The van der Waals surface area contributed by atoms with E-state index >= 15 is 0 Å². The quantitative estimate of drug-likeness (QED) is 0.118. The highest BCUT2D eigenvalue weighted by molar-refractivity contribution is 6.14. The molecule has 4 heteroatoms. The largest absolute Gasteiger partial charge is 0.296 e. The van der Waals surface area contributed by atoms with Gasteiger partial charge < -0.3 is 0 Å². The maximum atomic E-state index is 5.31. The van der Waals surface area contributed by atoms with Crippen LogP contribution in [0.2, 0.25) is 0 Å². The van der Waals surface area contributed by atoms with Gasteiger partial charge in [0.05, 0.1) is 22.2 Å². The number of hydrogen-bond acceptors (Lipinski definition) is 3. The molecule has 0 N–H and O–H groups in total. The van der Waals surface area contributed by atoms with E-state index in [0.717, 1.165) is 78.1 Å². The molecule has 0 radical (unpaired) electrons. The number of rotatable bonds is 8. The molecule has 0 saturated carbocycles. The highest BCUT2D eigenvalue weighted by Crippen LogP contribution is 2.36. The number of nitrogens with zero attached hydrogens (tertiary/aromatic N) is 4. The van der Waals surface area contributed by atoms with Gasteiger partial charge >= 0.3 is 0 Å². The van der Waals surface area contributed by atoms with Crippen molar-refractivity contribution in [3.63, 3.8) is 0 Å². The molecule has 0 aliphatic heterocycles. The summed E-state index contributed by atoms with van der Waals surface area (Å²) in [7, 11) is 0. The van der Waals surface area contributed by atoms with Crippen LogP contribution in [0.25, 0.3) is 66.3 Å². The Labute approximate surface area is 309 Å². The van der Waals surface area contributed by atoms with Crippen LogP contribution in [0.15, 0.2) is 200 Å². The van der Waals surface area contributed by atoms with E-state index in [-0.39, 0.29) is 0 Å². The number of aromatic nitrogens is 3. The fourth-order valence-electron chi connectivity index (χ4n) is 7.31. The number of benzene rings is 6. The highest BCUT2D eigenvalue weighted by Gasteiger charge is 2.17. The predicted molar refractivity (Wildman–Crippen MR) is 223 cm³/mol. The molecule has 53 heavy (non-hydrogen) atoms. The van der Waals surface area contributed by atoms with E-state index in [1.165, 1.54) is 10.9 Å². The Kier molecular flexibility index (Phi) is 8.18. The van der Waals surface area contributed by atoms with Gasteiger partial charge in [-0.05, 0) is 95.2 Å². The number of pyridine rings is 2. The lowest BCUT2D eigenvalue weighted by Crippen LogP contribution is -2.16. The molecular weight excluding hydrogens is 645 g/mol. The van der Waals surface area contributed by atoms with Gasteiger partial charge in [-0.1, -0.05) is 134 Å². The van der Waals surface area contributed by atoms with Crippen molar-refractivity contribution >= 4 is 55.4 Å². The van der Waals surface area contributed by atoms with Gasteiger partial charge in [-0.15, -0.1) is 0 Å². The molecule has 0 amide bonds. The van der Waals surface area contributed by atoms with Gasteiger partial charge in [-0.3, -0.25) is 9.30 Å². The molecule has 4 nitrogen and oxygen atoms in total. The molecule has 0 aliphatic rings. The number of anilines is 2. The lowest BCUT2D eigenvalue weighted by Gasteiger charge is -2.25. The lowest BCUT2D eigenvalue weighted by atomic mass is 10.0. The molecule has 0 bridgehead atoms. The second-order valence-electron chi connectivity index (χ2n) is 13.1. The van der Waals surface area contributed by atoms with E-state index in [2.05, 4.69) is 193 Å². The number of para-hydroxylation sites is 3. The van der Waals surface area contributed by atoms with Gasteiger partial charge in [0, 0.05) is 27.7 Å². The van der Waals surface area contributed by atoms with Crippen LogP contribution in [0.1, 0.15) is 12.5 Å². The van der Waals surface area contributed by atoms with Crippen molar-refractivity contribution in [3.05, 3.63) is 206 Å². The predicted octanol–water partition coefficient (Wildman–Crippen LogP) is 12.8. The molecule has 0 unspecified atom stereocenters. The van der Waals surface area contributed by atoms with Crippen molar-refractivity contribution in [1.82, 2.24) is 14.4 Å². The number of allylic oxidation sites excluding steroid dienone is 4. The van der Waals surface area contributed by atoms with Crippen LogP contribution in [0.5, 0.6) is 0 Å². The normalized spacial score (nSPS) is 12.0. The molecule has 3 aromatic heterocycles. The van der Waals surface area contributed by atoms with Crippen molar-refractivity contribution in [2.24, 2.45) is 0 Å².